The van der Waals surface area contributed by atoms with E-state index in [1.165, 1.54) is 101 Å². The van der Waals surface area contributed by atoms with Gasteiger partial charge in [0, 0.05) is 37.2 Å². The molecule has 2 heteroatoms. The molecule has 3 atom stereocenters. The van der Waals surface area contributed by atoms with Gasteiger partial charge in [0.05, 0.1) is 0 Å². The maximum Gasteiger partial charge on any atom is 0.0476 e. The Morgan fingerprint density at radius 1 is 0.436 bits per heavy atom. The average molecular weight is 724 g/mol. The monoisotopic (exact) mass is 723 g/mol. The van der Waals surface area contributed by atoms with Crippen LogP contribution in [0.15, 0.2) is 182 Å². The van der Waals surface area contributed by atoms with Crippen molar-refractivity contribution in [3.05, 3.63) is 188 Å². The molecule has 8 aromatic carbocycles. The molecule has 9 aromatic rings. The summed E-state index contributed by atoms with van der Waals surface area (Å²) >= 11 is 1.88. The molecular formula is C53H41NS. The molecule has 2 saturated carbocycles. The van der Waals surface area contributed by atoms with Gasteiger partial charge in [0.2, 0.25) is 0 Å². The van der Waals surface area contributed by atoms with Gasteiger partial charge < -0.3 is 4.90 Å². The zero-order valence-corrected chi connectivity index (χ0v) is 31.6. The van der Waals surface area contributed by atoms with Crippen molar-refractivity contribution in [1.82, 2.24) is 0 Å². The lowest BCUT2D eigenvalue weighted by Crippen LogP contribution is -2.10. The highest BCUT2D eigenvalue weighted by atomic mass is 32.1. The minimum absolute atomic E-state index is 0.736. The highest BCUT2D eigenvalue weighted by Crippen LogP contribution is 2.53. The van der Waals surface area contributed by atoms with E-state index in [9.17, 15) is 0 Å². The smallest absolute Gasteiger partial charge is 0.0476 e. The Balaban J connectivity index is 1.04. The van der Waals surface area contributed by atoms with Crippen LogP contribution in [-0.4, -0.2) is 0 Å². The van der Waals surface area contributed by atoms with Gasteiger partial charge in [-0.1, -0.05) is 146 Å². The predicted octanol–water partition coefficient (Wildman–Crippen LogP) is 15.6. The van der Waals surface area contributed by atoms with E-state index in [-0.39, 0.29) is 0 Å². The van der Waals surface area contributed by atoms with Crippen molar-refractivity contribution in [2.75, 3.05) is 4.90 Å². The summed E-state index contributed by atoms with van der Waals surface area (Å²) in [6.07, 6.45) is 5.66. The second-order valence-corrected chi connectivity index (χ2v) is 16.8. The van der Waals surface area contributed by atoms with Crippen molar-refractivity contribution in [2.24, 2.45) is 11.8 Å². The van der Waals surface area contributed by atoms with Crippen molar-refractivity contribution in [2.45, 2.75) is 31.6 Å². The van der Waals surface area contributed by atoms with E-state index in [2.05, 4.69) is 187 Å². The maximum absolute atomic E-state index is 2.49. The molecule has 2 fully saturated rings. The molecule has 2 aliphatic carbocycles. The van der Waals surface area contributed by atoms with E-state index in [1.807, 2.05) is 11.3 Å². The zero-order chi connectivity index (χ0) is 36.3. The Kier molecular flexibility index (Phi) is 7.92. The van der Waals surface area contributed by atoms with E-state index in [1.54, 1.807) is 5.56 Å². The lowest BCUT2D eigenvalue weighted by Gasteiger charge is -2.27. The fraction of sp³-hybridized carbons (Fsp3) is 0.132. The molecule has 0 radical (unpaired) electrons. The molecule has 2 aliphatic rings. The Hall–Kier alpha value is -5.96. The fourth-order valence-electron chi connectivity index (χ4n) is 9.93. The van der Waals surface area contributed by atoms with E-state index < -0.39 is 0 Å². The van der Waals surface area contributed by atoms with Crippen molar-refractivity contribution in [3.8, 4) is 33.4 Å². The molecule has 1 heterocycles. The van der Waals surface area contributed by atoms with Crippen molar-refractivity contribution in [3.63, 3.8) is 0 Å². The van der Waals surface area contributed by atoms with Crippen molar-refractivity contribution >= 4 is 59.3 Å². The summed E-state index contributed by atoms with van der Waals surface area (Å²) in [7, 11) is 0. The number of rotatable bonds is 7. The van der Waals surface area contributed by atoms with Crippen LogP contribution in [0.4, 0.5) is 17.1 Å². The molecule has 3 unspecified atom stereocenters. The third-order valence-corrected chi connectivity index (χ3v) is 13.7. The van der Waals surface area contributed by atoms with Crippen molar-refractivity contribution in [1.29, 1.82) is 0 Å². The molecule has 55 heavy (non-hydrogen) atoms. The van der Waals surface area contributed by atoms with Gasteiger partial charge in [0.1, 0.15) is 0 Å². The number of thiophene rings is 1. The number of anilines is 3. The molecule has 264 valence electrons. The number of hydrogen-bond donors (Lipinski definition) is 0. The number of hydrogen-bond acceptors (Lipinski definition) is 2. The standard InChI is InChI=1S/C53H41NS/c1-3-10-36(11-4-1)46-15-9-16-47(37-12-5-2-6-13-37)53(46)38-22-25-43(26-23-38)54(45-28-29-49-48-14-7-8-17-51(48)55-52(49)34-45)44-27-24-39-32-42(21-20-40(39)33-44)50-31-35-18-19-41(50)30-35/h1-17,20-29,32-35,41,50H,18-19,30-31H2. The molecule has 0 N–H and O–H groups in total. The first-order valence-corrected chi connectivity index (χ1v) is 20.6. The van der Waals surface area contributed by atoms with E-state index >= 15 is 0 Å². The van der Waals surface area contributed by atoms with Gasteiger partial charge >= 0.3 is 0 Å². The van der Waals surface area contributed by atoms with Crippen LogP contribution in [0, 0.1) is 11.8 Å². The first kappa shape index (κ1) is 32.5. The van der Waals surface area contributed by atoms with Gasteiger partial charge in [-0.15, -0.1) is 11.3 Å². The molecule has 1 nitrogen and oxygen atoms in total. The second kappa shape index (κ2) is 13.4. The van der Waals surface area contributed by atoms with E-state index in [0.29, 0.717) is 0 Å². The SMILES string of the molecule is c1ccc(-c2cccc(-c3ccccc3)c2-c2ccc(N(c3ccc4cc(C5CC6CCC5C6)ccc4c3)c3ccc4c(c3)sc3ccccc34)cc2)cc1. The van der Waals surface area contributed by atoms with Gasteiger partial charge in [-0.2, -0.15) is 0 Å². The first-order valence-electron chi connectivity index (χ1n) is 19.8. The van der Waals surface area contributed by atoms with Gasteiger partial charge in [0.15, 0.2) is 0 Å². The summed E-state index contributed by atoms with van der Waals surface area (Å²) < 4.78 is 2.63. The molecule has 11 rings (SSSR count). The summed E-state index contributed by atoms with van der Waals surface area (Å²) in [5.41, 5.74) is 12.4. The molecule has 0 saturated heterocycles. The van der Waals surface area contributed by atoms with E-state index in [0.717, 1.165) is 23.4 Å². The lowest BCUT2D eigenvalue weighted by atomic mass is 9.83. The van der Waals surface area contributed by atoms with Crippen LogP contribution in [0.5, 0.6) is 0 Å². The zero-order valence-electron chi connectivity index (χ0n) is 30.7. The molecule has 1 aromatic heterocycles. The highest BCUT2D eigenvalue weighted by molar-refractivity contribution is 7.25. The maximum atomic E-state index is 2.49. The quantitative estimate of drug-likeness (QED) is 0.158. The second-order valence-electron chi connectivity index (χ2n) is 15.7. The van der Waals surface area contributed by atoms with Crippen LogP contribution in [0.1, 0.15) is 37.2 Å². The van der Waals surface area contributed by atoms with Crippen LogP contribution < -0.4 is 4.90 Å². The summed E-state index contributed by atoms with van der Waals surface area (Å²) in [4.78, 5) is 2.44. The number of benzene rings is 8. The fourth-order valence-corrected chi connectivity index (χ4v) is 11.1. The van der Waals surface area contributed by atoms with Gasteiger partial charge in [-0.05, 0) is 129 Å². The predicted molar refractivity (Wildman–Crippen MR) is 236 cm³/mol. The Bertz CT molecular complexity index is 2780. The Labute approximate surface area is 327 Å². The Morgan fingerprint density at radius 2 is 1.07 bits per heavy atom. The average Bonchev–Trinajstić information content (AvgIpc) is 3.99. The molecule has 0 aliphatic heterocycles. The third kappa shape index (κ3) is 5.75. The van der Waals surface area contributed by atoms with Crippen LogP contribution in [0.25, 0.3) is 64.3 Å². The summed E-state index contributed by atoms with van der Waals surface area (Å²) in [5, 5.41) is 5.27. The van der Waals surface area contributed by atoms with Gasteiger partial charge in [0.25, 0.3) is 0 Å². The van der Waals surface area contributed by atoms with Gasteiger partial charge in [-0.3, -0.25) is 0 Å². The minimum atomic E-state index is 0.736. The van der Waals surface area contributed by atoms with Crippen LogP contribution in [0.3, 0.4) is 0 Å². The third-order valence-electron chi connectivity index (χ3n) is 12.5. The molecule has 0 amide bonds. The van der Waals surface area contributed by atoms with E-state index in [4.69, 9.17) is 0 Å². The topological polar surface area (TPSA) is 3.24 Å². The number of fused-ring (bicyclic) bond motifs is 6. The van der Waals surface area contributed by atoms with Gasteiger partial charge in [-0.25, -0.2) is 0 Å². The molecule has 0 spiro atoms. The molecule has 2 bridgehead atoms. The lowest BCUT2D eigenvalue weighted by molar-refractivity contribution is 0.420. The first-order chi connectivity index (χ1) is 27.2. The molecular weight excluding hydrogens is 683 g/mol. The number of nitrogens with zero attached hydrogens (tertiary/aromatic N) is 1. The Morgan fingerprint density at radius 3 is 1.80 bits per heavy atom. The summed E-state index contributed by atoms with van der Waals surface area (Å²) in [6.45, 7) is 0. The minimum Gasteiger partial charge on any atom is -0.310 e. The van der Waals surface area contributed by atoms with Crippen molar-refractivity contribution < 1.29 is 0 Å². The van der Waals surface area contributed by atoms with Crippen LogP contribution in [-0.2, 0) is 0 Å². The van der Waals surface area contributed by atoms with Crippen LogP contribution >= 0.6 is 11.3 Å². The largest absolute Gasteiger partial charge is 0.310 e. The van der Waals surface area contributed by atoms with Crippen LogP contribution in [0.2, 0.25) is 0 Å². The summed E-state index contributed by atoms with van der Waals surface area (Å²) in [6, 6.07) is 67.7. The summed E-state index contributed by atoms with van der Waals surface area (Å²) in [5.74, 6) is 2.57. The normalized spacial score (nSPS) is 17.7. The highest BCUT2D eigenvalue weighted by Gasteiger charge is 2.40.